The van der Waals surface area contributed by atoms with Gasteiger partial charge in [0.1, 0.15) is 6.29 Å². The zero-order valence-corrected chi connectivity index (χ0v) is 11.5. The van der Waals surface area contributed by atoms with Crippen molar-refractivity contribution in [2.24, 2.45) is 23.7 Å². The molecule has 0 fully saturated rings. The van der Waals surface area contributed by atoms with Gasteiger partial charge in [0.2, 0.25) is 0 Å². The molecule has 1 nitrogen and oxygen atoms in total. The molecule has 1 heteroatoms. The molecule has 2 aliphatic carbocycles. The van der Waals surface area contributed by atoms with Gasteiger partial charge < -0.3 is 0 Å². The van der Waals surface area contributed by atoms with Gasteiger partial charge in [-0.05, 0) is 61.0 Å². The largest absolute Gasteiger partial charge is 0.298 e. The Kier molecular flexibility index (Phi) is 3.56. The van der Waals surface area contributed by atoms with E-state index in [4.69, 9.17) is 0 Å². The molecule has 0 aromatic rings. The first kappa shape index (κ1) is 12.6. The van der Waals surface area contributed by atoms with Gasteiger partial charge in [0.05, 0.1) is 0 Å². The van der Waals surface area contributed by atoms with Gasteiger partial charge >= 0.3 is 0 Å². The Morgan fingerprint density at radius 3 is 2.71 bits per heavy atom. The Balaban J connectivity index is 2.36. The van der Waals surface area contributed by atoms with E-state index in [9.17, 15) is 4.79 Å². The quantitative estimate of drug-likeness (QED) is 0.654. The molecule has 0 aromatic heterocycles. The highest BCUT2D eigenvalue weighted by molar-refractivity contribution is 5.78. The van der Waals surface area contributed by atoms with Crippen LogP contribution in [0.5, 0.6) is 0 Å². The van der Waals surface area contributed by atoms with Crippen LogP contribution in [0.25, 0.3) is 0 Å². The van der Waals surface area contributed by atoms with Crippen LogP contribution in [0.1, 0.15) is 47.0 Å². The molecule has 3 atom stereocenters. The molecule has 0 amide bonds. The van der Waals surface area contributed by atoms with Crippen molar-refractivity contribution in [2.45, 2.75) is 47.0 Å². The molecule has 0 bridgehead atoms. The summed E-state index contributed by atoms with van der Waals surface area (Å²) in [6.45, 7) is 9.13. The number of hydrogen-bond acceptors (Lipinski definition) is 1. The predicted molar refractivity (Wildman–Crippen MR) is 71.7 cm³/mol. The summed E-state index contributed by atoms with van der Waals surface area (Å²) in [5, 5.41) is 0. The Morgan fingerprint density at radius 1 is 1.41 bits per heavy atom. The topological polar surface area (TPSA) is 17.1 Å². The maximum Gasteiger partial charge on any atom is 0.146 e. The molecule has 0 spiro atoms. The second kappa shape index (κ2) is 4.80. The minimum Gasteiger partial charge on any atom is -0.298 e. The highest BCUT2D eigenvalue weighted by atomic mass is 16.1. The third-order valence-electron chi connectivity index (χ3n) is 4.74. The van der Waals surface area contributed by atoms with Crippen molar-refractivity contribution >= 4 is 6.29 Å². The van der Waals surface area contributed by atoms with Crippen molar-refractivity contribution in [3.05, 3.63) is 22.8 Å². The maximum atomic E-state index is 11.2. The second-order valence-electron chi connectivity index (χ2n) is 6.21. The molecule has 0 aromatic carbocycles. The van der Waals surface area contributed by atoms with Crippen molar-refractivity contribution in [2.75, 3.05) is 0 Å². The lowest BCUT2D eigenvalue weighted by molar-refractivity contribution is -0.105. The predicted octanol–water partition coefficient (Wildman–Crippen LogP) is 4.15. The maximum absolute atomic E-state index is 11.2. The summed E-state index contributed by atoms with van der Waals surface area (Å²) < 4.78 is 0. The van der Waals surface area contributed by atoms with Crippen LogP contribution in [0.4, 0.5) is 0 Å². The third-order valence-corrected chi connectivity index (χ3v) is 4.74. The smallest absolute Gasteiger partial charge is 0.146 e. The summed E-state index contributed by atoms with van der Waals surface area (Å²) in [5.41, 5.74) is 3.82. The second-order valence-corrected chi connectivity index (χ2v) is 6.21. The standard InChI is InChI=1S/C16H24O/c1-10(2)13-6-5-11(3)16-14(9-17)7-12(4)15(16)8-13/h5,9-10,12-13,15H,6-8H2,1-4H3. The normalized spacial score (nSPS) is 33.5. The van der Waals surface area contributed by atoms with Gasteiger partial charge in [-0.25, -0.2) is 0 Å². The lowest BCUT2D eigenvalue weighted by Crippen LogP contribution is -2.16. The summed E-state index contributed by atoms with van der Waals surface area (Å²) in [7, 11) is 0. The Bertz CT molecular complexity index is 373. The van der Waals surface area contributed by atoms with E-state index < -0.39 is 0 Å². The van der Waals surface area contributed by atoms with Gasteiger partial charge in [0.15, 0.2) is 0 Å². The molecular weight excluding hydrogens is 208 g/mol. The van der Waals surface area contributed by atoms with Gasteiger partial charge in [0.25, 0.3) is 0 Å². The van der Waals surface area contributed by atoms with E-state index in [0.717, 1.165) is 30.1 Å². The lowest BCUT2D eigenvalue weighted by Gasteiger charge is -2.25. The van der Waals surface area contributed by atoms with Crippen LogP contribution in [0.2, 0.25) is 0 Å². The van der Waals surface area contributed by atoms with Crippen molar-refractivity contribution in [1.82, 2.24) is 0 Å². The molecule has 2 rings (SSSR count). The van der Waals surface area contributed by atoms with Gasteiger partial charge in [-0.3, -0.25) is 4.79 Å². The molecule has 2 aliphatic rings. The van der Waals surface area contributed by atoms with Crippen LogP contribution in [-0.2, 0) is 4.79 Å². The average Bonchev–Trinajstić information content (AvgIpc) is 2.48. The summed E-state index contributed by atoms with van der Waals surface area (Å²) in [5.74, 6) is 2.79. The summed E-state index contributed by atoms with van der Waals surface area (Å²) in [6.07, 6.45) is 6.89. The molecular formula is C16H24O. The highest BCUT2D eigenvalue weighted by Crippen LogP contribution is 2.46. The minimum absolute atomic E-state index is 0.626. The van der Waals surface area contributed by atoms with Gasteiger partial charge in [0, 0.05) is 0 Å². The number of carbonyl (C=O) groups is 1. The van der Waals surface area contributed by atoms with Crippen molar-refractivity contribution in [1.29, 1.82) is 0 Å². The molecule has 3 unspecified atom stereocenters. The molecule has 0 N–H and O–H groups in total. The van der Waals surface area contributed by atoms with Crippen LogP contribution in [0.3, 0.4) is 0 Å². The number of aldehydes is 1. The van der Waals surface area contributed by atoms with Crippen LogP contribution in [0.15, 0.2) is 22.8 Å². The summed E-state index contributed by atoms with van der Waals surface area (Å²) in [4.78, 5) is 11.2. The minimum atomic E-state index is 0.626. The first-order valence-electron chi connectivity index (χ1n) is 6.90. The van der Waals surface area contributed by atoms with E-state index in [1.165, 1.54) is 24.0 Å². The molecule has 0 saturated heterocycles. The van der Waals surface area contributed by atoms with Crippen LogP contribution < -0.4 is 0 Å². The van der Waals surface area contributed by atoms with Gasteiger partial charge in [-0.2, -0.15) is 0 Å². The number of rotatable bonds is 2. The number of hydrogen-bond donors (Lipinski definition) is 0. The third kappa shape index (κ3) is 2.25. The Hall–Kier alpha value is -0.850. The first-order valence-corrected chi connectivity index (χ1v) is 6.90. The number of allylic oxidation sites excluding steroid dienone is 4. The lowest BCUT2D eigenvalue weighted by atomic mass is 9.80. The number of fused-ring (bicyclic) bond motifs is 1. The summed E-state index contributed by atoms with van der Waals surface area (Å²) >= 11 is 0. The molecule has 0 radical (unpaired) electrons. The van der Waals surface area contributed by atoms with E-state index in [0.29, 0.717) is 11.8 Å². The average molecular weight is 232 g/mol. The molecule has 0 saturated carbocycles. The molecule has 94 valence electrons. The van der Waals surface area contributed by atoms with Gasteiger partial charge in [-0.15, -0.1) is 0 Å². The van der Waals surface area contributed by atoms with E-state index in [2.05, 4.69) is 33.8 Å². The summed E-state index contributed by atoms with van der Waals surface area (Å²) in [6, 6.07) is 0. The zero-order chi connectivity index (χ0) is 12.6. The van der Waals surface area contributed by atoms with E-state index in [-0.39, 0.29) is 0 Å². The fourth-order valence-corrected chi connectivity index (χ4v) is 3.53. The molecule has 0 heterocycles. The van der Waals surface area contributed by atoms with E-state index >= 15 is 0 Å². The van der Waals surface area contributed by atoms with Gasteiger partial charge in [-0.1, -0.05) is 32.4 Å². The van der Waals surface area contributed by atoms with Crippen molar-refractivity contribution < 1.29 is 4.79 Å². The SMILES string of the molecule is CC1=CCC(C(C)C)CC2C1=C(C=O)CC2C. The Morgan fingerprint density at radius 2 is 2.12 bits per heavy atom. The first-order chi connectivity index (χ1) is 8.04. The van der Waals surface area contributed by atoms with Crippen molar-refractivity contribution in [3.63, 3.8) is 0 Å². The van der Waals surface area contributed by atoms with Crippen LogP contribution in [-0.4, -0.2) is 6.29 Å². The van der Waals surface area contributed by atoms with Crippen LogP contribution in [0, 0.1) is 23.7 Å². The fraction of sp³-hybridized carbons (Fsp3) is 0.688. The number of carbonyl (C=O) groups excluding carboxylic acids is 1. The fourth-order valence-electron chi connectivity index (χ4n) is 3.53. The molecule has 0 aliphatic heterocycles. The van der Waals surface area contributed by atoms with Crippen LogP contribution >= 0.6 is 0 Å². The van der Waals surface area contributed by atoms with E-state index in [1.54, 1.807) is 0 Å². The monoisotopic (exact) mass is 232 g/mol. The zero-order valence-electron chi connectivity index (χ0n) is 11.5. The van der Waals surface area contributed by atoms with E-state index in [1.807, 2.05) is 0 Å². The van der Waals surface area contributed by atoms with Crippen molar-refractivity contribution in [3.8, 4) is 0 Å². The Labute approximate surface area is 105 Å². The highest BCUT2D eigenvalue weighted by Gasteiger charge is 2.35. The molecule has 17 heavy (non-hydrogen) atoms.